The molecule has 0 bridgehead atoms. The molecule has 3 aromatic heterocycles. The van der Waals surface area contributed by atoms with Crippen molar-refractivity contribution in [2.45, 2.75) is 6.54 Å². The van der Waals surface area contributed by atoms with E-state index in [4.69, 9.17) is 11.6 Å². The normalized spacial score (nSPS) is 11.2. The first-order valence-electron chi connectivity index (χ1n) is 4.86. The van der Waals surface area contributed by atoms with Gasteiger partial charge in [0.25, 0.3) is 0 Å². The molecule has 0 aliphatic rings. The Bertz CT molecular complexity index is 829. The third-order valence-corrected chi connectivity index (χ3v) is 4.34. The van der Waals surface area contributed by atoms with Gasteiger partial charge in [-0.05, 0) is 11.4 Å². The molecule has 5 nitrogen and oxygen atoms in total. The van der Waals surface area contributed by atoms with E-state index < -0.39 is 11.4 Å². The van der Waals surface area contributed by atoms with Gasteiger partial charge in [0.1, 0.15) is 4.70 Å². The van der Waals surface area contributed by atoms with Gasteiger partial charge < -0.3 is 4.42 Å². The predicted molar refractivity (Wildman–Crippen MR) is 70.8 cm³/mol. The molecular weight excluding hydrogens is 296 g/mol. The maximum Gasteiger partial charge on any atom is 0.422 e. The van der Waals surface area contributed by atoms with E-state index in [-0.39, 0.29) is 0 Å². The van der Waals surface area contributed by atoms with Crippen molar-refractivity contribution in [3.8, 4) is 0 Å². The molecule has 0 unspecified atom stereocenters. The number of hydrogen-bond donors (Lipinski definition) is 0. The molecule has 8 heteroatoms. The number of nitrogens with zero attached hydrogens (tertiary/aromatic N) is 2. The van der Waals surface area contributed by atoms with Crippen LogP contribution in [0.25, 0.3) is 10.2 Å². The van der Waals surface area contributed by atoms with E-state index in [1.807, 2.05) is 0 Å². The van der Waals surface area contributed by atoms with E-state index in [9.17, 15) is 9.59 Å². The van der Waals surface area contributed by atoms with Crippen LogP contribution in [0.1, 0.15) is 4.88 Å². The number of aromatic nitrogens is 2. The van der Waals surface area contributed by atoms with Gasteiger partial charge in [0.2, 0.25) is 0 Å². The Hall–Kier alpha value is -1.44. The third kappa shape index (κ3) is 1.90. The summed E-state index contributed by atoms with van der Waals surface area (Å²) in [4.78, 5) is 27.9. The highest BCUT2D eigenvalue weighted by atomic mass is 35.5. The zero-order chi connectivity index (χ0) is 12.7. The summed E-state index contributed by atoms with van der Waals surface area (Å²) in [5.41, 5.74) is -0.0191. The first kappa shape index (κ1) is 11.6. The summed E-state index contributed by atoms with van der Waals surface area (Å²) in [7, 11) is 0. The molecule has 0 N–H and O–H groups in total. The van der Waals surface area contributed by atoms with Crippen molar-refractivity contribution in [1.29, 1.82) is 0 Å². The molecule has 92 valence electrons. The van der Waals surface area contributed by atoms with Crippen LogP contribution in [-0.4, -0.2) is 9.55 Å². The maximum atomic E-state index is 11.7. The van der Waals surface area contributed by atoms with Crippen molar-refractivity contribution in [3.05, 3.63) is 48.0 Å². The molecule has 0 saturated heterocycles. The second-order valence-corrected chi connectivity index (χ2v) is 6.07. The van der Waals surface area contributed by atoms with Crippen LogP contribution >= 0.6 is 34.3 Å². The van der Waals surface area contributed by atoms with E-state index in [0.717, 1.165) is 4.88 Å². The monoisotopic (exact) mass is 300 g/mol. The average molecular weight is 301 g/mol. The lowest BCUT2D eigenvalue weighted by Gasteiger charge is -2.02. The Balaban J connectivity index is 2.20. The average Bonchev–Trinajstić information content (AvgIpc) is 2.93. The molecule has 0 aliphatic carbocycles. The SMILES string of the molecule is O=c1oc(=O)n(Cc2cnc(Cl)s2)c2ccsc12. The number of rotatable bonds is 2. The molecule has 3 aromatic rings. The molecule has 18 heavy (non-hydrogen) atoms. The van der Waals surface area contributed by atoms with E-state index in [2.05, 4.69) is 9.40 Å². The van der Waals surface area contributed by atoms with Crippen molar-refractivity contribution in [1.82, 2.24) is 9.55 Å². The number of halogens is 1. The maximum absolute atomic E-state index is 11.7. The lowest BCUT2D eigenvalue weighted by atomic mass is 10.4. The molecule has 0 radical (unpaired) electrons. The molecule has 0 fully saturated rings. The van der Waals surface area contributed by atoms with Crippen molar-refractivity contribution in [3.63, 3.8) is 0 Å². The van der Waals surface area contributed by atoms with Gasteiger partial charge in [0.15, 0.2) is 4.47 Å². The van der Waals surface area contributed by atoms with Gasteiger partial charge in [-0.2, -0.15) is 0 Å². The van der Waals surface area contributed by atoms with Crippen molar-refractivity contribution in [2.75, 3.05) is 0 Å². The molecule has 0 spiro atoms. The highest BCUT2D eigenvalue weighted by molar-refractivity contribution is 7.17. The highest BCUT2D eigenvalue weighted by Gasteiger charge is 2.12. The minimum Gasteiger partial charge on any atom is -0.371 e. The predicted octanol–water partition coefficient (Wildman–Crippen LogP) is 2.17. The fraction of sp³-hybridized carbons (Fsp3) is 0.100. The third-order valence-electron chi connectivity index (χ3n) is 2.36. The standard InChI is InChI=1S/C10H5ClN2O3S2/c11-9-12-3-5(18-9)4-13-6-1-2-17-7(6)8(14)16-10(13)15/h1-3H,4H2. The second kappa shape index (κ2) is 4.34. The highest BCUT2D eigenvalue weighted by Crippen LogP contribution is 2.20. The fourth-order valence-electron chi connectivity index (χ4n) is 1.61. The van der Waals surface area contributed by atoms with E-state index in [0.29, 0.717) is 21.2 Å². The van der Waals surface area contributed by atoms with Gasteiger partial charge in [-0.1, -0.05) is 11.6 Å². The van der Waals surface area contributed by atoms with Gasteiger partial charge >= 0.3 is 11.4 Å². The molecule has 0 aliphatic heterocycles. The minimum absolute atomic E-state index is 0.292. The Morgan fingerprint density at radius 2 is 2.28 bits per heavy atom. The molecular formula is C10H5ClN2O3S2. The summed E-state index contributed by atoms with van der Waals surface area (Å²) in [6, 6.07) is 1.72. The number of thiophene rings is 1. The summed E-state index contributed by atoms with van der Waals surface area (Å²) in [5.74, 6) is -0.671. The molecule has 0 saturated carbocycles. The van der Waals surface area contributed by atoms with Crippen molar-refractivity contribution < 1.29 is 4.42 Å². The van der Waals surface area contributed by atoms with Gasteiger partial charge in [-0.15, -0.1) is 22.7 Å². The Labute approximate surface area is 113 Å². The Morgan fingerprint density at radius 1 is 1.44 bits per heavy atom. The van der Waals surface area contributed by atoms with Crippen LogP contribution in [-0.2, 0) is 6.54 Å². The van der Waals surface area contributed by atoms with Crippen LogP contribution in [0.4, 0.5) is 0 Å². The minimum atomic E-state index is -0.671. The molecule has 3 heterocycles. The number of thiazole rings is 1. The lowest BCUT2D eigenvalue weighted by Crippen LogP contribution is -2.24. The zero-order valence-corrected chi connectivity index (χ0v) is 11.1. The van der Waals surface area contributed by atoms with E-state index in [1.54, 1.807) is 17.6 Å². The van der Waals surface area contributed by atoms with Gasteiger partial charge in [-0.3, -0.25) is 4.57 Å². The largest absolute Gasteiger partial charge is 0.422 e. The smallest absolute Gasteiger partial charge is 0.371 e. The second-order valence-electron chi connectivity index (χ2n) is 3.46. The topological polar surface area (TPSA) is 65.1 Å². The first-order valence-corrected chi connectivity index (χ1v) is 6.94. The summed E-state index contributed by atoms with van der Waals surface area (Å²) < 4.78 is 6.92. The van der Waals surface area contributed by atoms with E-state index >= 15 is 0 Å². The molecule has 3 rings (SSSR count). The lowest BCUT2D eigenvalue weighted by molar-refractivity contribution is 0.426. The van der Waals surface area contributed by atoms with Gasteiger partial charge in [0.05, 0.1) is 12.1 Å². The van der Waals surface area contributed by atoms with E-state index in [1.165, 1.54) is 27.2 Å². The Morgan fingerprint density at radius 3 is 3.00 bits per heavy atom. The molecule has 0 atom stereocenters. The van der Waals surface area contributed by atoms with Crippen LogP contribution in [0.5, 0.6) is 0 Å². The summed E-state index contributed by atoms with van der Waals surface area (Å²) in [5, 5.41) is 1.75. The quantitative estimate of drug-likeness (QED) is 0.727. The van der Waals surface area contributed by atoms with Gasteiger partial charge in [0, 0.05) is 11.1 Å². The van der Waals surface area contributed by atoms with Crippen LogP contribution in [0.15, 0.2) is 31.6 Å². The zero-order valence-electron chi connectivity index (χ0n) is 8.75. The molecule has 0 aromatic carbocycles. The first-order chi connectivity index (χ1) is 8.65. The summed E-state index contributed by atoms with van der Waals surface area (Å²) in [6.45, 7) is 0.292. The number of fused-ring (bicyclic) bond motifs is 1. The number of hydrogen-bond acceptors (Lipinski definition) is 6. The molecule has 0 amide bonds. The van der Waals surface area contributed by atoms with Crippen LogP contribution < -0.4 is 11.4 Å². The van der Waals surface area contributed by atoms with Crippen LogP contribution in [0.2, 0.25) is 4.47 Å². The summed E-state index contributed by atoms with van der Waals surface area (Å²) in [6.07, 6.45) is 1.60. The van der Waals surface area contributed by atoms with Crippen LogP contribution in [0.3, 0.4) is 0 Å². The fourth-order valence-corrected chi connectivity index (χ4v) is 3.35. The Kier molecular flexibility index (Phi) is 2.81. The van der Waals surface area contributed by atoms with Crippen molar-refractivity contribution in [2.24, 2.45) is 0 Å². The van der Waals surface area contributed by atoms with Crippen LogP contribution in [0, 0.1) is 0 Å². The van der Waals surface area contributed by atoms with Crippen molar-refractivity contribution >= 4 is 44.5 Å². The summed E-state index contributed by atoms with van der Waals surface area (Å²) >= 11 is 8.27. The van der Waals surface area contributed by atoms with Gasteiger partial charge in [-0.25, -0.2) is 14.6 Å².